The fourth-order valence-electron chi connectivity index (χ4n) is 4.44. The van der Waals surface area contributed by atoms with Gasteiger partial charge in [0, 0.05) is 17.4 Å². The van der Waals surface area contributed by atoms with Crippen LogP contribution in [0.5, 0.6) is 0 Å². The van der Waals surface area contributed by atoms with Gasteiger partial charge in [0.15, 0.2) is 0 Å². The number of benzene rings is 3. The summed E-state index contributed by atoms with van der Waals surface area (Å²) in [4.78, 5) is 20.2. The Labute approximate surface area is 207 Å². The van der Waals surface area contributed by atoms with E-state index in [4.69, 9.17) is 5.11 Å². The quantitative estimate of drug-likeness (QED) is 0.337. The number of carbonyl (C=O) groups is 1. The van der Waals surface area contributed by atoms with Crippen LogP contribution in [0, 0.1) is 11.6 Å². The third-order valence-electron chi connectivity index (χ3n) is 6.19. The van der Waals surface area contributed by atoms with Crippen molar-refractivity contribution >= 4 is 23.2 Å². The van der Waals surface area contributed by atoms with Gasteiger partial charge in [0.2, 0.25) is 0 Å². The van der Waals surface area contributed by atoms with Gasteiger partial charge in [-0.05, 0) is 70.6 Å². The van der Waals surface area contributed by atoms with Gasteiger partial charge in [-0.15, -0.1) is 0 Å². The molecule has 1 aliphatic rings. The number of carboxylic acids is 1. The standard InChI is InChI=1S/C29H23F2N3O2/c1-2-17-9-10-21-22-14-26(34-20-6-3-5-18(11-20)13-27(35)36)32-15-19(22)16-33-29(23(21)12-17)28-24(30)7-4-8-25(28)31/h3-12,14-15H,2,13,16H2,1H3,(H,32,34)(H,35,36). The third-order valence-corrected chi connectivity index (χ3v) is 6.19. The Bertz CT molecular complexity index is 1490. The van der Waals surface area contributed by atoms with Gasteiger partial charge in [-0.3, -0.25) is 9.79 Å². The molecule has 4 aromatic rings. The largest absolute Gasteiger partial charge is 0.481 e. The molecule has 5 nitrogen and oxygen atoms in total. The van der Waals surface area contributed by atoms with Crippen LogP contribution in [0.15, 0.2) is 77.9 Å². The monoisotopic (exact) mass is 483 g/mol. The van der Waals surface area contributed by atoms with Crippen molar-refractivity contribution in [1.29, 1.82) is 0 Å². The van der Waals surface area contributed by atoms with Crippen molar-refractivity contribution in [1.82, 2.24) is 4.98 Å². The summed E-state index contributed by atoms with van der Waals surface area (Å²) in [6, 6.07) is 18.8. The maximum Gasteiger partial charge on any atom is 0.307 e. The van der Waals surface area contributed by atoms with Crippen molar-refractivity contribution in [3.8, 4) is 11.1 Å². The lowest BCUT2D eigenvalue weighted by Gasteiger charge is -2.15. The Morgan fingerprint density at radius 2 is 1.72 bits per heavy atom. The Morgan fingerprint density at radius 3 is 2.47 bits per heavy atom. The molecule has 7 heteroatoms. The third kappa shape index (κ3) is 4.60. The lowest BCUT2D eigenvalue weighted by Crippen LogP contribution is -2.10. The van der Waals surface area contributed by atoms with Gasteiger partial charge in [0.25, 0.3) is 0 Å². The van der Waals surface area contributed by atoms with Crippen LogP contribution in [0.25, 0.3) is 11.1 Å². The summed E-state index contributed by atoms with van der Waals surface area (Å²) in [5.74, 6) is -1.66. The highest BCUT2D eigenvalue weighted by Gasteiger charge is 2.24. The molecule has 0 radical (unpaired) electrons. The van der Waals surface area contributed by atoms with Crippen LogP contribution in [0.2, 0.25) is 0 Å². The molecule has 0 atom stereocenters. The molecule has 0 bridgehead atoms. The summed E-state index contributed by atoms with van der Waals surface area (Å²) in [6.07, 6.45) is 2.40. The molecule has 5 rings (SSSR count). The number of hydrogen-bond acceptors (Lipinski definition) is 4. The van der Waals surface area contributed by atoms with E-state index in [0.29, 0.717) is 22.6 Å². The first-order valence-electron chi connectivity index (χ1n) is 11.6. The number of nitrogens with one attached hydrogen (secondary N) is 1. The Hall–Kier alpha value is -4.39. The van der Waals surface area contributed by atoms with Crippen LogP contribution >= 0.6 is 0 Å². The fraction of sp³-hybridized carbons (Fsp3) is 0.138. The van der Waals surface area contributed by atoms with E-state index < -0.39 is 17.6 Å². The molecule has 0 saturated heterocycles. The minimum atomic E-state index is -0.902. The van der Waals surface area contributed by atoms with Gasteiger partial charge in [-0.25, -0.2) is 13.8 Å². The summed E-state index contributed by atoms with van der Waals surface area (Å²) >= 11 is 0. The highest BCUT2D eigenvalue weighted by atomic mass is 19.1. The van der Waals surface area contributed by atoms with Crippen LogP contribution in [0.4, 0.5) is 20.3 Å². The second kappa shape index (κ2) is 9.70. The lowest BCUT2D eigenvalue weighted by molar-refractivity contribution is -0.136. The summed E-state index contributed by atoms with van der Waals surface area (Å²) in [5.41, 5.74) is 5.73. The van der Waals surface area contributed by atoms with E-state index in [1.165, 1.54) is 18.2 Å². The molecule has 2 N–H and O–H groups in total. The Morgan fingerprint density at radius 1 is 0.944 bits per heavy atom. The van der Waals surface area contributed by atoms with Crippen molar-refractivity contribution in [2.24, 2.45) is 4.99 Å². The normalized spacial score (nSPS) is 12.2. The van der Waals surface area contributed by atoms with Crippen molar-refractivity contribution in [2.45, 2.75) is 26.3 Å². The number of aliphatic imine (C=N–C) groups is 1. The van der Waals surface area contributed by atoms with E-state index in [1.807, 2.05) is 37.3 Å². The minimum Gasteiger partial charge on any atom is -0.481 e. The van der Waals surface area contributed by atoms with Crippen molar-refractivity contribution in [3.05, 3.63) is 112 Å². The molecule has 2 heterocycles. The number of fused-ring (bicyclic) bond motifs is 3. The number of aliphatic carboxylic acids is 1. The number of anilines is 2. The maximum absolute atomic E-state index is 14.8. The number of aryl methyl sites for hydroxylation is 1. The number of nitrogens with zero attached hydrogens (tertiary/aromatic N) is 2. The second-order valence-electron chi connectivity index (χ2n) is 8.62. The van der Waals surface area contributed by atoms with Crippen LogP contribution in [0.3, 0.4) is 0 Å². The molecule has 0 aliphatic carbocycles. The molecule has 180 valence electrons. The first kappa shape index (κ1) is 23.4. The molecule has 1 aromatic heterocycles. The molecule has 0 spiro atoms. The molecular formula is C29H23F2N3O2. The molecule has 1 aliphatic heterocycles. The van der Waals surface area contributed by atoms with Gasteiger partial charge in [-0.2, -0.15) is 0 Å². The number of halogens is 2. The van der Waals surface area contributed by atoms with Gasteiger partial charge in [0.1, 0.15) is 17.5 Å². The number of carboxylic acid groups (broad SMARTS) is 1. The fourth-order valence-corrected chi connectivity index (χ4v) is 4.44. The first-order valence-corrected chi connectivity index (χ1v) is 11.6. The molecular weight excluding hydrogens is 460 g/mol. The average molecular weight is 484 g/mol. The summed E-state index contributed by atoms with van der Waals surface area (Å²) < 4.78 is 29.6. The van der Waals surface area contributed by atoms with E-state index in [2.05, 4.69) is 15.3 Å². The van der Waals surface area contributed by atoms with Gasteiger partial charge >= 0.3 is 5.97 Å². The van der Waals surface area contributed by atoms with E-state index in [1.54, 1.807) is 24.4 Å². The molecule has 0 fully saturated rings. The lowest BCUT2D eigenvalue weighted by atomic mass is 9.90. The smallest absolute Gasteiger partial charge is 0.307 e. The summed E-state index contributed by atoms with van der Waals surface area (Å²) in [6.45, 7) is 2.24. The number of aromatic nitrogens is 1. The summed E-state index contributed by atoms with van der Waals surface area (Å²) in [7, 11) is 0. The molecule has 0 saturated carbocycles. The van der Waals surface area contributed by atoms with E-state index in [9.17, 15) is 13.6 Å². The highest BCUT2D eigenvalue weighted by molar-refractivity contribution is 6.17. The zero-order valence-corrected chi connectivity index (χ0v) is 19.6. The summed E-state index contributed by atoms with van der Waals surface area (Å²) in [5, 5.41) is 12.3. The minimum absolute atomic E-state index is 0.0764. The van der Waals surface area contributed by atoms with Crippen molar-refractivity contribution in [2.75, 3.05) is 5.32 Å². The maximum atomic E-state index is 14.8. The van der Waals surface area contributed by atoms with Gasteiger partial charge in [0.05, 0.1) is 24.2 Å². The molecule has 0 unspecified atom stereocenters. The van der Waals surface area contributed by atoms with Crippen LogP contribution in [-0.2, 0) is 24.2 Å². The molecule has 0 amide bonds. The molecule has 36 heavy (non-hydrogen) atoms. The Balaban J connectivity index is 1.59. The van der Waals surface area contributed by atoms with Crippen LogP contribution < -0.4 is 5.32 Å². The first-order chi connectivity index (χ1) is 17.4. The SMILES string of the molecule is CCc1ccc2c(c1)C(c1c(F)cccc1F)=NCc1cnc(Nc3cccc(CC(=O)O)c3)cc1-2. The topological polar surface area (TPSA) is 74.6 Å². The second-order valence-corrected chi connectivity index (χ2v) is 8.62. The zero-order chi connectivity index (χ0) is 25.2. The van der Waals surface area contributed by atoms with E-state index >= 15 is 0 Å². The number of pyridine rings is 1. The van der Waals surface area contributed by atoms with E-state index in [-0.39, 0.29) is 24.2 Å². The highest BCUT2D eigenvalue weighted by Crippen LogP contribution is 2.36. The van der Waals surface area contributed by atoms with E-state index in [0.717, 1.165) is 28.7 Å². The van der Waals surface area contributed by atoms with Gasteiger partial charge in [-0.1, -0.05) is 37.3 Å². The predicted molar refractivity (Wildman–Crippen MR) is 136 cm³/mol. The van der Waals surface area contributed by atoms with Crippen molar-refractivity contribution < 1.29 is 18.7 Å². The number of rotatable bonds is 6. The predicted octanol–water partition coefficient (Wildman–Crippen LogP) is 6.31. The zero-order valence-electron chi connectivity index (χ0n) is 19.6. The van der Waals surface area contributed by atoms with Gasteiger partial charge < -0.3 is 10.4 Å². The molecule has 3 aromatic carbocycles. The average Bonchev–Trinajstić information content (AvgIpc) is 3.00. The van der Waals surface area contributed by atoms with Crippen LogP contribution in [-0.4, -0.2) is 21.8 Å². The van der Waals surface area contributed by atoms with Crippen molar-refractivity contribution in [3.63, 3.8) is 0 Å². The Kier molecular flexibility index (Phi) is 6.29. The van der Waals surface area contributed by atoms with Crippen LogP contribution in [0.1, 0.15) is 34.7 Å². The number of hydrogen-bond donors (Lipinski definition) is 2.